The molecule has 10 nitrogen and oxygen atoms in total. The van der Waals surface area contributed by atoms with E-state index in [0.29, 0.717) is 5.75 Å². The third-order valence-electron chi connectivity index (χ3n) is 4.59. The number of hydrogen-bond acceptors (Lipinski definition) is 9. The smallest absolute Gasteiger partial charge is 0.291 e. The molecule has 4 N–H and O–H groups in total. The molecule has 169 valence electrons. The number of furan rings is 1. The third-order valence-corrected chi connectivity index (χ3v) is 6.10. The highest BCUT2D eigenvalue weighted by atomic mass is 28.3. The minimum absolute atomic E-state index is 0.0332. The van der Waals surface area contributed by atoms with Gasteiger partial charge in [-0.1, -0.05) is 13.1 Å². The van der Waals surface area contributed by atoms with Gasteiger partial charge in [-0.15, -0.1) is 0 Å². The molecule has 0 atom stereocenters. The molecule has 32 heavy (non-hydrogen) atoms. The minimum atomic E-state index is -0.772. The highest BCUT2D eigenvalue weighted by Crippen LogP contribution is 2.33. The van der Waals surface area contributed by atoms with Crippen molar-refractivity contribution in [2.75, 3.05) is 37.6 Å². The Hall–Kier alpha value is -3.73. The fourth-order valence-corrected chi connectivity index (χ4v) is 4.04. The van der Waals surface area contributed by atoms with Crippen molar-refractivity contribution in [3.8, 4) is 23.5 Å². The molecule has 2 aromatic heterocycles. The lowest BCUT2D eigenvalue weighted by Gasteiger charge is -2.13. The lowest BCUT2D eigenvalue weighted by atomic mass is 10.2. The number of aromatic nitrogens is 2. The zero-order valence-corrected chi connectivity index (χ0v) is 19.8. The molecular weight excluding hydrogens is 430 g/mol. The SMILES string of the molecule is CNc1nc(OC)c(NC(=O)c2ccc(Oc3cc([Si](C)C)c(N)cc3C)o2)c(OC)n1. The Kier molecular flexibility index (Phi) is 6.88. The van der Waals surface area contributed by atoms with E-state index in [1.165, 1.54) is 20.3 Å². The monoisotopic (exact) mass is 456 g/mol. The number of nitrogens with zero attached hydrogens (tertiary/aromatic N) is 2. The van der Waals surface area contributed by atoms with Gasteiger partial charge in [0.25, 0.3) is 11.9 Å². The molecule has 1 aromatic carbocycles. The summed E-state index contributed by atoms with van der Waals surface area (Å²) in [6.07, 6.45) is 0. The van der Waals surface area contributed by atoms with Crippen molar-refractivity contribution in [3.05, 3.63) is 35.6 Å². The molecule has 3 aromatic rings. The van der Waals surface area contributed by atoms with Crippen LogP contribution in [0.15, 0.2) is 28.7 Å². The van der Waals surface area contributed by atoms with Crippen LogP contribution in [0.25, 0.3) is 0 Å². The highest BCUT2D eigenvalue weighted by Gasteiger charge is 2.21. The second kappa shape index (κ2) is 9.60. The standard InChI is InChI=1S/C21H26N5O5Si/c1-11-9-12(22)15(32(5)6)10-14(11)31-16-8-7-13(30-16)18(27)24-17-19(28-3)25-21(23-2)26-20(17)29-4/h7-10H,22H2,1-6H3,(H,24,27)(H,23,25,26). The summed E-state index contributed by atoms with van der Waals surface area (Å²) in [6.45, 7) is 6.21. The maximum absolute atomic E-state index is 12.8. The predicted octanol–water partition coefficient (Wildman–Crippen LogP) is 3.03. The number of ether oxygens (including phenoxy) is 3. The predicted molar refractivity (Wildman–Crippen MR) is 124 cm³/mol. The lowest BCUT2D eigenvalue weighted by Crippen LogP contribution is -2.26. The van der Waals surface area contributed by atoms with Crippen LogP contribution in [0.4, 0.5) is 17.3 Å². The number of anilines is 3. The number of methoxy groups -OCH3 is 2. The minimum Gasteiger partial charge on any atom is -0.479 e. The van der Waals surface area contributed by atoms with Gasteiger partial charge in [-0.2, -0.15) is 9.97 Å². The first-order valence-corrected chi connectivity index (χ1v) is 12.2. The molecule has 0 saturated heterocycles. The van der Waals surface area contributed by atoms with E-state index in [0.717, 1.165) is 16.4 Å². The Bertz CT molecular complexity index is 1110. The van der Waals surface area contributed by atoms with Crippen molar-refractivity contribution < 1.29 is 23.4 Å². The number of aryl methyl sites for hydroxylation is 1. The van der Waals surface area contributed by atoms with Gasteiger partial charge in [-0.3, -0.25) is 4.79 Å². The van der Waals surface area contributed by atoms with E-state index in [4.69, 9.17) is 24.4 Å². The zero-order chi connectivity index (χ0) is 23.4. The van der Waals surface area contributed by atoms with Crippen molar-refractivity contribution in [1.29, 1.82) is 0 Å². The molecule has 0 bridgehead atoms. The molecule has 0 spiro atoms. The van der Waals surface area contributed by atoms with Gasteiger partial charge >= 0.3 is 0 Å². The fraction of sp³-hybridized carbons (Fsp3) is 0.286. The van der Waals surface area contributed by atoms with E-state index < -0.39 is 14.7 Å². The summed E-state index contributed by atoms with van der Waals surface area (Å²) in [5.41, 5.74) is 7.93. The third kappa shape index (κ3) is 4.77. The molecule has 3 rings (SSSR count). The number of nitrogens with one attached hydrogen (secondary N) is 2. The van der Waals surface area contributed by atoms with E-state index in [9.17, 15) is 4.79 Å². The van der Waals surface area contributed by atoms with Crippen molar-refractivity contribution in [3.63, 3.8) is 0 Å². The summed E-state index contributed by atoms with van der Waals surface area (Å²) in [5.74, 6) is 0.855. The Labute approximate surface area is 187 Å². The zero-order valence-electron chi connectivity index (χ0n) is 18.8. The maximum atomic E-state index is 12.8. The first-order chi connectivity index (χ1) is 15.3. The van der Waals surface area contributed by atoms with Gasteiger partial charge in [0.2, 0.25) is 17.7 Å². The number of amides is 1. The van der Waals surface area contributed by atoms with Crippen molar-refractivity contribution in [2.24, 2.45) is 0 Å². The Morgan fingerprint density at radius 3 is 2.34 bits per heavy atom. The summed E-state index contributed by atoms with van der Waals surface area (Å²) in [6, 6.07) is 6.89. The average molecular weight is 457 g/mol. The molecule has 0 aliphatic rings. The Morgan fingerprint density at radius 1 is 1.12 bits per heavy atom. The van der Waals surface area contributed by atoms with Crippen LogP contribution in [0.3, 0.4) is 0 Å². The number of nitrogen functional groups attached to an aromatic ring is 1. The van der Waals surface area contributed by atoms with Crippen LogP contribution in [0, 0.1) is 6.92 Å². The number of benzene rings is 1. The quantitative estimate of drug-likeness (QED) is 0.345. The molecule has 0 saturated carbocycles. The average Bonchev–Trinajstić information content (AvgIpc) is 3.24. The van der Waals surface area contributed by atoms with Crippen molar-refractivity contribution in [1.82, 2.24) is 9.97 Å². The first-order valence-electron chi connectivity index (χ1n) is 9.74. The van der Waals surface area contributed by atoms with Crippen LogP contribution in [-0.4, -0.2) is 45.9 Å². The van der Waals surface area contributed by atoms with Gasteiger partial charge in [0.15, 0.2) is 11.4 Å². The number of carbonyl (C=O) groups is 1. The number of rotatable bonds is 8. The highest BCUT2D eigenvalue weighted by molar-refractivity contribution is 6.72. The fourth-order valence-electron chi connectivity index (χ4n) is 2.97. The normalized spacial score (nSPS) is 10.7. The van der Waals surface area contributed by atoms with E-state index in [1.807, 2.05) is 19.1 Å². The molecule has 1 amide bonds. The van der Waals surface area contributed by atoms with Crippen LogP contribution in [0.5, 0.6) is 23.5 Å². The molecule has 0 aliphatic heterocycles. The summed E-state index contributed by atoms with van der Waals surface area (Å²) in [7, 11) is 3.74. The summed E-state index contributed by atoms with van der Waals surface area (Å²) < 4.78 is 22.0. The van der Waals surface area contributed by atoms with E-state index in [-0.39, 0.29) is 35.1 Å². The lowest BCUT2D eigenvalue weighted by molar-refractivity contribution is 0.0990. The maximum Gasteiger partial charge on any atom is 0.291 e. The van der Waals surface area contributed by atoms with Gasteiger partial charge in [0, 0.05) is 18.8 Å². The number of nitrogens with two attached hydrogens (primary N) is 1. The Morgan fingerprint density at radius 2 is 1.78 bits per heavy atom. The van der Waals surface area contributed by atoms with E-state index in [1.54, 1.807) is 13.1 Å². The molecule has 0 aliphatic carbocycles. The first kappa shape index (κ1) is 22.9. The van der Waals surface area contributed by atoms with Crippen molar-refractivity contribution in [2.45, 2.75) is 20.0 Å². The van der Waals surface area contributed by atoms with E-state index >= 15 is 0 Å². The number of hydrogen-bond donors (Lipinski definition) is 3. The molecule has 1 radical (unpaired) electrons. The van der Waals surface area contributed by atoms with Crippen LogP contribution in [0.2, 0.25) is 13.1 Å². The second-order valence-electron chi connectivity index (χ2n) is 7.07. The van der Waals surface area contributed by atoms with Crippen LogP contribution >= 0.6 is 0 Å². The van der Waals surface area contributed by atoms with Crippen LogP contribution in [0.1, 0.15) is 16.1 Å². The van der Waals surface area contributed by atoms with Gasteiger partial charge < -0.3 is 35.0 Å². The van der Waals surface area contributed by atoms with Crippen LogP contribution < -0.4 is 35.8 Å². The topological polar surface area (TPSA) is 134 Å². The van der Waals surface area contributed by atoms with Crippen molar-refractivity contribution >= 4 is 37.2 Å². The van der Waals surface area contributed by atoms with Gasteiger partial charge in [-0.25, -0.2) is 0 Å². The molecule has 2 heterocycles. The molecule has 0 fully saturated rings. The molecule has 11 heteroatoms. The largest absolute Gasteiger partial charge is 0.479 e. The van der Waals surface area contributed by atoms with Gasteiger partial charge in [0.05, 0.1) is 23.0 Å². The Balaban J connectivity index is 1.83. The van der Waals surface area contributed by atoms with Crippen LogP contribution in [-0.2, 0) is 0 Å². The van der Waals surface area contributed by atoms with Gasteiger partial charge in [0.1, 0.15) is 5.75 Å². The number of carbonyl (C=O) groups excluding carboxylic acids is 1. The summed E-state index contributed by atoms with van der Waals surface area (Å²) in [5, 5.41) is 6.54. The molecule has 0 unspecified atom stereocenters. The van der Waals surface area contributed by atoms with Gasteiger partial charge in [-0.05, 0) is 35.9 Å². The van der Waals surface area contributed by atoms with E-state index in [2.05, 4.69) is 33.7 Å². The summed E-state index contributed by atoms with van der Waals surface area (Å²) >= 11 is 0. The summed E-state index contributed by atoms with van der Waals surface area (Å²) in [4.78, 5) is 21.1. The second-order valence-corrected chi connectivity index (χ2v) is 9.61. The molecular formula is C21H26N5O5Si.